The summed E-state index contributed by atoms with van der Waals surface area (Å²) in [6.45, 7) is 1.62. The minimum atomic E-state index is -5.34. The summed E-state index contributed by atoms with van der Waals surface area (Å²) in [4.78, 5) is 1.15. The quantitative estimate of drug-likeness (QED) is 0.666. The van der Waals surface area contributed by atoms with Crippen LogP contribution in [0.15, 0.2) is 59.5 Å². The molecular formula is C18H15F3N4O2S. The second-order valence-electron chi connectivity index (χ2n) is 6.32. The zero-order chi connectivity index (χ0) is 19.9. The zero-order valence-electron chi connectivity index (χ0n) is 14.5. The molecular weight excluding hydrogens is 393 g/mol. The van der Waals surface area contributed by atoms with Crippen molar-refractivity contribution in [2.24, 2.45) is 0 Å². The van der Waals surface area contributed by atoms with E-state index in [-0.39, 0.29) is 0 Å². The molecule has 0 fully saturated rings. The number of nitrogens with zero attached hydrogens (tertiary/aromatic N) is 4. The van der Waals surface area contributed by atoms with E-state index >= 15 is 0 Å². The van der Waals surface area contributed by atoms with Crippen LogP contribution in [-0.2, 0) is 22.9 Å². The van der Waals surface area contributed by atoms with Crippen molar-refractivity contribution in [2.45, 2.75) is 23.5 Å². The highest BCUT2D eigenvalue weighted by Gasteiger charge is 2.46. The molecule has 146 valence electrons. The molecule has 0 unspecified atom stereocenters. The van der Waals surface area contributed by atoms with Crippen molar-refractivity contribution in [3.63, 3.8) is 0 Å². The van der Waals surface area contributed by atoms with Gasteiger partial charge in [0.15, 0.2) is 11.6 Å². The molecule has 0 amide bonds. The van der Waals surface area contributed by atoms with Crippen LogP contribution in [0.2, 0.25) is 0 Å². The Morgan fingerprint density at radius 2 is 1.57 bits per heavy atom. The number of fused-ring (bicyclic) bond motifs is 1. The number of hydrogen-bond acceptors (Lipinski definition) is 5. The van der Waals surface area contributed by atoms with Crippen molar-refractivity contribution in [1.82, 2.24) is 14.8 Å². The second-order valence-corrected chi connectivity index (χ2v) is 8.26. The maximum Gasteiger partial charge on any atom is 0.501 e. The highest BCUT2D eigenvalue weighted by molar-refractivity contribution is 7.92. The molecule has 0 N–H and O–H groups in total. The number of alkyl halides is 3. The van der Waals surface area contributed by atoms with Gasteiger partial charge in [-0.2, -0.15) is 13.2 Å². The molecule has 4 rings (SSSR count). The lowest BCUT2D eigenvalue weighted by atomic mass is 10.2. The lowest BCUT2D eigenvalue weighted by Gasteiger charge is -2.29. The molecule has 0 saturated carbocycles. The van der Waals surface area contributed by atoms with Gasteiger partial charge in [-0.1, -0.05) is 30.3 Å². The van der Waals surface area contributed by atoms with Crippen LogP contribution < -0.4 is 4.90 Å². The normalized spacial score (nSPS) is 14.8. The fourth-order valence-corrected chi connectivity index (χ4v) is 3.91. The average molecular weight is 408 g/mol. The minimum Gasteiger partial charge on any atom is -0.362 e. The predicted molar refractivity (Wildman–Crippen MR) is 96.2 cm³/mol. The van der Waals surface area contributed by atoms with E-state index in [0.29, 0.717) is 25.3 Å². The van der Waals surface area contributed by atoms with Crippen LogP contribution in [0.1, 0.15) is 5.82 Å². The molecule has 28 heavy (non-hydrogen) atoms. The van der Waals surface area contributed by atoms with E-state index < -0.39 is 20.2 Å². The van der Waals surface area contributed by atoms with E-state index in [1.165, 1.54) is 12.1 Å². The van der Waals surface area contributed by atoms with Gasteiger partial charge in [0.25, 0.3) is 9.84 Å². The summed E-state index contributed by atoms with van der Waals surface area (Å²) in [5, 5.41) is 8.48. The molecule has 0 spiro atoms. The Morgan fingerprint density at radius 1 is 0.893 bits per heavy atom. The maximum atomic E-state index is 12.7. The van der Waals surface area contributed by atoms with Crippen LogP contribution in [0.4, 0.5) is 18.9 Å². The van der Waals surface area contributed by atoms with Crippen molar-refractivity contribution in [3.8, 4) is 11.4 Å². The van der Waals surface area contributed by atoms with Crippen molar-refractivity contribution in [3.05, 3.63) is 60.4 Å². The Kier molecular flexibility index (Phi) is 4.37. The van der Waals surface area contributed by atoms with Crippen molar-refractivity contribution in [1.29, 1.82) is 0 Å². The van der Waals surface area contributed by atoms with Crippen molar-refractivity contribution >= 4 is 15.5 Å². The molecule has 10 heteroatoms. The van der Waals surface area contributed by atoms with E-state index in [4.69, 9.17) is 0 Å². The lowest BCUT2D eigenvalue weighted by Crippen LogP contribution is -2.34. The monoisotopic (exact) mass is 408 g/mol. The SMILES string of the molecule is O=S(=O)(c1ccc(N2CCn3c(nnc3-c3ccccc3)C2)cc1)C(F)(F)F. The van der Waals surface area contributed by atoms with Gasteiger partial charge in [-0.25, -0.2) is 8.42 Å². The van der Waals surface area contributed by atoms with Crippen molar-refractivity contribution < 1.29 is 21.6 Å². The van der Waals surface area contributed by atoms with Crippen molar-refractivity contribution in [2.75, 3.05) is 11.4 Å². The maximum absolute atomic E-state index is 12.7. The molecule has 2 aromatic carbocycles. The van der Waals surface area contributed by atoms with E-state index in [0.717, 1.165) is 29.3 Å². The third-order valence-corrected chi connectivity index (χ3v) is 6.10. The first-order chi connectivity index (χ1) is 13.3. The molecule has 6 nitrogen and oxygen atoms in total. The number of aromatic nitrogens is 3. The van der Waals surface area contributed by atoms with Gasteiger partial charge in [-0.15, -0.1) is 10.2 Å². The number of anilines is 1. The van der Waals surface area contributed by atoms with Crippen LogP contribution in [0.3, 0.4) is 0 Å². The summed E-state index contributed by atoms with van der Waals surface area (Å²) in [5.74, 6) is 1.50. The van der Waals surface area contributed by atoms with Crippen LogP contribution in [0.25, 0.3) is 11.4 Å². The van der Waals surface area contributed by atoms with Gasteiger partial charge in [0.05, 0.1) is 11.4 Å². The van der Waals surface area contributed by atoms with Gasteiger partial charge in [0.1, 0.15) is 0 Å². The molecule has 0 radical (unpaired) electrons. The molecule has 1 aromatic heterocycles. The molecule has 1 aliphatic rings. The number of rotatable bonds is 3. The summed E-state index contributed by atoms with van der Waals surface area (Å²) in [6.07, 6.45) is 0. The van der Waals surface area contributed by atoms with Gasteiger partial charge < -0.3 is 9.47 Å². The molecule has 0 saturated heterocycles. The third kappa shape index (κ3) is 3.13. The van der Waals surface area contributed by atoms with Crippen LogP contribution >= 0.6 is 0 Å². The van der Waals surface area contributed by atoms with Crippen LogP contribution in [0.5, 0.6) is 0 Å². The molecule has 0 aliphatic carbocycles. The Bertz CT molecular complexity index is 1090. The Hall–Kier alpha value is -2.88. The zero-order valence-corrected chi connectivity index (χ0v) is 15.3. The molecule has 0 bridgehead atoms. The smallest absolute Gasteiger partial charge is 0.362 e. The first kappa shape index (κ1) is 18.5. The average Bonchev–Trinajstić information content (AvgIpc) is 3.11. The Morgan fingerprint density at radius 3 is 2.21 bits per heavy atom. The summed E-state index contributed by atoms with van der Waals surface area (Å²) >= 11 is 0. The van der Waals surface area contributed by atoms with Gasteiger partial charge in [0.2, 0.25) is 0 Å². The van der Waals surface area contributed by atoms with Gasteiger partial charge in [-0.05, 0) is 24.3 Å². The Labute approximate surface area is 159 Å². The number of halogens is 3. The standard InChI is InChI=1S/C18H15F3N4O2S/c19-18(20,21)28(26,27)15-8-6-14(7-9-15)24-10-11-25-16(12-24)22-23-17(25)13-4-2-1-3-5-13/h1-9H,10-12H2. The molecule has 3 aromatic rings. The Balaban J connectivity index is 1.57. The van der Waals surface area contributed by atoms with Gasteiger partial charge >= 0.3 is 5.51 Å². The van der Waals surface area contributed by atoms with E-state index in [1.807, 2.05) is 39.8 Å². The summed E-state index contributed by atoms with van der Waals surface area (Å²) in [6, 6.07) is 14.4. The number of hydrogen-bond donors (Lipinski definition) is 0. The largest absolute Gasteiger partial charge is 0.501 e. The van der Waals surface area contributed by atoms with Crippen LogP contribution in [-0.4, -0.2) is 35.2 Å². The third-order valence-electron chi connectivity index (χ3n) is 4.60. The molecule has 0 atom stereocenters. The van der Waals surface area contributed by atoms with Crippen LogP contribution in [0, 0.1) is 0 Å². The molecule has 2 heterocycles. The summed E-state index contributed by atoms with van der Waals surface area (Å²) in [7, 11) is -5.34. The highest BCUT2D eigenvalue weighted by atomic mass is 32.2. The first-order valence-electron chi connectivity index (χ1n) is 8.41. The van der Waals surface area contributed by atoms with E-state index in [2.05, 4.69) is 10.2 Å². The number of sulfone groups is 1. The number of benzene rings is 2. The lowest BCUT2D eigenvalue weighted by molar-refractivity contribution is -0.0436. The van der Waals surface area contributed by atoms with Gasteiger partial charge in [0, 0.05) is 24.3 Å². The van der Waals surface area contributed by atoms with E-state index in [1.54, 1.807) is 0 Å². The summed E-state index contributed by atoms with van der Waals surface area (Å²) < 4.78 is 63.0. The highest BCUT2D eigenvalue weighted by Crippen LogP contribution is 2.32. The predicted octanol–water partition coefficient (Wildman–Crippen LogP) is 3.26. The first-order valence-corrected chi connectivity index (χ1v) is 9.89. The summed E-state index contributed by atoms with van der Waals surface area (Å²) in [5.41, 5.74) is -3.74. The molecule has 1 aliphatic heterocycles. The fraction of sp³-hybridized carbons (Fsp3) is 0.222. The minimum absolute atomic E-state index is 0.422. The van der Waals surface area contributed by atoms with E-state index in [9.17, 15) is 21.6 Å². The fourth-order valence-electron chi connectivity index (χ4n) is 3.15. The van der Waals surface area contributed by atoms with Gasteiger partial charge in [-0.3, -0.25) is 0 Å². The second kappa shape index (κ2) is 6.62. The topological polar surface area (TPSA) is 68.1 Å².